The van der Waals surface area contributed by atoms with Crippen LogP contribution in [0.25, 0.3) is 0 Å². The molecule has 6 nitrogen and oxygen atoms in total. The highest BCUT2D eigenvalue weighted by Crippen LogP contribution is 1.96. The molecule has 6 heteroatoms. The number of aromatic nitrogens is 1. The number of hydrogen-bond acceptors (Lipinski definition) is 4. The predicted molar refractivity (Wildman–Crippen MR) is 51.2 cm³/mol. The first kappa shape index (κ1) is 11.1. The maximum Gasteiger partial charge on any atom is 0.247 e. The summed E-state index contributed by atoms with van der Waals surface area (Å²) in [7, 11) is 0. The lowest BCUT2D eigenvalue weighted by Gasteiger charge is -2.03. The molecule has 0 spiro atoms. The summed E-state index contributed by atoms with van der Waals surface area (Å²) in [6.07, 6.45) is 3.35. The summed E-state index contributed by atoms with van der Waals surface area (Å²) < 4.78 is 0. The van der Waals surface area contributed by atoms with Gasteiger partial charge in [0, 0.05) is 12.4 Å². The molecule has 0 unspecified atom stereocenters. The second kappa shape index (κ2) is 5.71. The van der Waals surface area contributed by atoms with Crippen LogP contribution in [0.3, 0.4) is 0 Å². The highest BCUT2D eigenvalue weighted by atomic mass is 16.7. The van der Waals surface area contributed by atoms with Crippen LogP contribution in [0.1, 0.15) is 5.56 Å². The first-order valence-corrected chi connectivity index (χ1v) is 4.26. The topological polar surface area (TPSA) is 94.3 Å². The molecule has 0 bridgehead atoms. The molecule has 0 aromatic carbocycles. The van der Waals surface area contributed by atoms with Gasteiger partial charge in [-0.15, -0.1) is 0 Å². The van der Waals surface area contributed by atoms with Crippen molar-refractivity contribution < 1.29 is 14.4 Å². The second-order valence-electron chi connectivity index (χ2n) is 2.81. The SMILES string of the molecule is NC(=O)CONC(=O)Cc1ccncc1. The van der Waals surface area contributed by atoms with Crippen LogP contribution in [0, 0.1) is 0 Å². The van der Waals surface area contributed by atoms with Gasteiger partial charge in [0.15, 0.2) is 6.61 Å². The van der Waals surface area contributed by atoms with E-state index < -0.39 is 5.91 Å². The van der Waals surface area contributed by atoms with E-state index in [-0.39, 0.29) is 18.9 Å². The summed E-state index contributed by atoms with van der Waals surface area (Å²) in [6.45, 7) is -0.331. The van der Waals surface area contributed by atoms with Gasteiger partial charge in [-0.25, -0.2) is 5.48 Å². The van der Waals surface area contributed by atoms with Crippen LogP contribution in [0.2, 0.25) is 0 Å². The van der Waals surface area contributed by atoms with Crippen LogP contribution in [-0.2, 0) is 20.8 Å². The Morgan fingerprint density at radius 3 is 2.67 bits per heavy atom. The zero-order valence-electron chi connectivity index (χ0n) is 7.97. The lowest BCUT2D eigenvalue weighted by Crippen LogP contribution is -2.30. The highest BCUT2D eigenvalue weighted by molar-refractivity contribution is 5.78. The van der Waals surface area contributed by atoms with Crippen molar-refractivity contribution in [1.29, 1.82) is 0 Å². The molecule has 0 radical (unpaired) electrons. The third-order valence-corrected chi connectivity index (χ3v) is 1.51. The Morgan fingerprint density at radius 2 is 2.07 bits per heavy atom. The Hall–Kier alpha value is -1.95. The Bertz CT molecular complexity index is 340. The van der Waals surface area contributed by atoms with Crippen LogP contribution in [0.4, 0.5) is 0 Å². The normalized spacial score (nSPS) is 9.60. The molecular formula is C9H11N3O3. The van der Waals surface area contributed by atoms with E-state index in [1.165, 1.54) is 0 Å². The molecule has 3 N–H and O–H groups in total. The van der Waals surface area contributed by atoms with Crippen LogP contribution < -0.4 is 11.2 Å². The summed E-state index contributed by atoms with van der Waals surface area (Å²) in [5.74, 6) is -0.985. The van der Waals surface area contributed by atoms with Crippen molar-refractivity contribution in [1.82, 2.24) is 10.5 Å². The minimum absolute atomic E-state index is 0.168. The molecule has 0 fully saturated rings. The van der Waals surface area contributed by atoms with E-state index in [4.69, 9.17) is 5.73 Å². The van der Waals surface area contributed by atoms with Crippen molar-refractivity contribution in [3.8, 4) is 0 Å². The molecule has 1 aromatic rings. The summed E-state index contributed by atoms with van der Waals surface area (Å²) in [5, 5.41) is 0. The van der Waals surface area contributed by atoms with Gasteiger partial charge in [-0.1, -0.05) is 0 Å². The van der Waals surface area contributed by atoms with E-state index in [0.717, 1.165) is 5.56 Å². The number of carbonyl (C=O) groups excluding carboxylic acids is 2. The van der Waals surface area contributed by atoms with Crippen LogP contribution in [0.15, 0.2) is 24.5 Å². The molecule has 0 saturated heterocycles. The van der Waals surface area contributed by atoms with E-state index in [9.17, 15) is 9.59 Å². The number of nitrogens with one attached hydrogen (secondary N) is 1. The van der Waals surface area contributed by atoms with E-state index in [1.807, 2.05) is 0 Å². The van der Waals surface area contributed by atoms with Gasteiger partial charge in [0.05, 0.1) is 6.42 Å². The fourth-order valence-corrected chi connectivity index (χ4v) is 0.910. The largest absolute Gasteiger partial charge is 0.368 e. The summed E-state index contributed by atoms with van der Waals surface area (Å²) in [5.41, 5.74) is 7.72. The molecule has 0 aliphatic carbocycles. The van der Waals surface area contributed by atoms with E-state index in [2.05, 4.69) is 15.3 Å². The molecule has 1 aromatic heterocycles. The van der Waals surface area contributed by atoms with Crippen molar-refractivity contribution >= 4 is 11.8 Å². The molecule has 0 aliphatic heterocycles. The smallest absolute Gasteiger partial charge is 0.247 e. The van der Waals surface area contributed by atoms with Crippen molar-refractivity contribution in [3.63, 3.8) is 0 Å². The van der Waals surface area contributed by atoms with Crippen LogP contribution >= 0.6 is 0 Å². The molecule has 1 heterocycles. The fourth-order valence-electron chi connectivity index (χ4n) is 0.910. The average Bonchev–Trinajstić information content (AvgIpc) is 2.18. The molecule has 1 rings (SSSR count). The van der Waals surface area contributed by atoms with Crippen molar-refractivity contribution in [2.24, 2.45) is 5.73 Å². The number of hydroxylamine groups is 1. The van der Waals surface area contributed by atoms with Crippen molar-refractivity contribution in [2.75, 3.05) is 6.61 Å². The Morgan fingerprint density at radius 1 is 1.40 bits per heavy atom. The van der Waals surface area contributed by atoms with Crippen molar-refractivity contribution in [2.45, 2.75) is 6.42 Å². The van der Waals surface area contributed by atoms with Gasteiger partial charge in [-0.3, -0.25) is 19.4 Å². The first-order valence-electron chi connectivity index (χ1n) is 4.26. The van der Waals surface area contributed by atoms with Gasteiger partial charge in [-0.2, -0.15) is 0 Å². The summed E-state index contributed by atoms with van der Waals surface area (Å²) in [4.78, 5) is 29.8. The van der Waals surface area contributed by atoms with Gasteiger partial charge in [0.25, 0.3) is 0 Å². The number of nitrogens with zero attached hydrogens (tertiary/aromatic N) is 1. The Balaban J connectivity index is 2.28. The monoisotopic (exact) mass is 209 g/mol. The fraction of sp³-hybridized carbons (Fsp3) is 0.222. The van der Waals surface area contributed by atoms with Gasteiger partial charge in [-0.05, 0) is 17.7 Å². The standard InChI is InChI=1S/C9H11N3O3/c10-8(13)6-15-12-9(14)5-7-1-3-11-4-2-7/h1-4H,5-6H2,(H2,10,13)(H,12,14). The quantitative estimate of drug-likeness (QED) is 0.618. The van der Waals surface area contributed by atoms with Crippen LogP contribution in [-0.4, -0.2) is 23.4 Å². The maximum absolute atomic E-state index is 11.2. The van der Waals surface area contributed by atoms with Crippen molar-refractivity contribution in [3.05, 3.63) is 30.1 Å². The minimum atomic E-state index is -0.640. The van der Waals surface area contributed by atoms with Gasteiger partial charge in [0.2, 0.25) is 11.8 Å². The lowest BCUT2D eigenvalue weighted by atomic mass is 10.2. The maximum atomic E-state index is 11.2. The Labute approximate surface area is 86.4 Å². The molecule has 15 heavy (non-hydrogen) atoms. The Kier molecular flexibility index (Phi) is 4.24. The number of nitrogens with two attached hydrogens (primary N) is 1. The molecule has 0 atom stereocenters. The zero-order chi connectivity index (χ0) is 11.1. The highest BCUT2D eigenvalue weighted by Gasteiger charge is 2.03. The zero-order valence-corrected chi connectivity index (χ0v) is 7.97. The van der Waals surface area contributed by atoms with Gasteiger partial charge >= 0.3 is 0 Å². The molecule has 0 aliphatic rings. The number of hydrogen-bond donors (Lipinski definition) is 2. The molecular weight excluding hydrogens is 198 g/mol. The predicted octanol–water partition coefficient (Wildman–Crippen LogP) is -0.843. The van der Waals surface area contributed by atoms with Gasteiger partial charge in [0.1, 0.15) is 0 Å². The number of rotatable bonds is 5. The lowest BCUT2D eigenvalue weighted by molar-refractivity contribution is -0.137. The molecule has 2 amide bonds. The molecule has 80 valence electrons. The van der Waals surface area contributed by atoms with E-state index >= 15 is 0 Å². The summed E-state index contributed by atoms with van der Waals surface area (Å²) >= 11 is 0. The number of amides is 2. The third-order valence-electron chi connectivity index (χ3n) is 1.51. The third kappa shape index (κ3) is 4.72. The van der Waals surface area contributed by atoms with E-state index in [0.29, 0.717) is 0 Å². The summed E-state index contributed by atoms with van der Waals surface area (Å²) in [6, 6.07) is 3.43. The first-order chi connectivity index (χ1) is 7.18. The van der Waals surface area contributed by atoms with E-state index in [1.54, 1.807) is 24.5 Å². The number of carbonyl (C=O) groups is 2. The number of pyridine rings is 1. The molecule has 0 saturated carbocycles. The second-order valence-corrected chi connectivity index (χ2v) is 2.81. The number of primary amides is 1. The van der Waals surface area contributed by atoms with Gasteiger partial charge < -0.3 is 5.73 Å². The van der Waals surface area contributed by atoms with Crippen LogP contribution in [0.5, 0.6) is 0 Å². The minimum Gasteiger partial charge on any atom is -0.368 e. The average molecular weight is 209 g/mol.